The van der Waals surface area contributed by atoms with E-state index in [2.05, 4.69) is 91.0 Å². The van der Waals surface area contributed by atoms with Gasteiger partial charge in [-0.2, -0.15) is 0 Å². The van der Waals surface area contributed by atoms with Crippen LogP contribution >= 0.6 is 0 Å². The molecule has 39 heavy (non-hydrogen) atoms. The fraction of sp³-hybridized carbons (Fsp3) is 0.529. The number of hydrogen-bond acceptors (Lipinski definition) is 5. The average molecular weight is 532 g/mol. The van der Waals surface area contributed by atoms with Crippen molar-refractivity contribution in [3.05, 3.63) is 72.6 Å². The summed E-state index contributed by atoms with van der Waals surface area (Å²) in [6.45, 7) is 35.3. The highest BCUT2D eigenvalue weighted by Crippen LogP contribution is 2.35. The maximum Gasteiger partial charge on any atom is 0.127 e. The normalized spacial score (nSPS) is 17.4. The lowest BCUT2D eigenvalue weighted by atomic mass is 9.89. The van der Waals surface area contributed by atoms with E-state index in [4.69, 9.17) is 0 Å². The third-order valence-corrected chi connectivity index (χ3v) is 7.56. The first-order valence-corrected chi connectivity index (χ1v) is 14.7. The lowest BCUT2D eigenvalue weighted by Crippen LogP contribution is -2.48. The number of rotatable bonds is 11. The maximum absolute atomic E-state index is 4.69. The number of aliphatic imine (C=N–C) groups is 2. The molecule has 2 fully saturated rings. The average Bonchev–Trinajstić information content (AvgIpc) is 2.95. The van der Waals surface area contributed by atoms with Gasteiger partial charge in [0.2, 0.25) is 0 Å². The van der Waals surface area contributed by atoms with Crippen LogP contribution in [0.3, 0.4) is 0 Å². The Hall–Kier alpha value is -2.76. The summed E-state index contributed by atoms with van der Waals surface area (Å²) in [5.74, 6) is 1.42. The first-order chi connectivity index (χ1) is 18.7. The molecule has 0 saturated carbocycles. The zero-order valence-electron chi connectivity index (χ0n) is 25.5. The van der Waals surface area contributed by atoms with Gasteiger partial charge in [-0.15, -0.1) is 0 Å². The molecule has 0 unspecified atom stereocenters. The third kappa shape index (κ3) is 10.4. The van der Waals surface area contributed by atoms with Gasteiger partial charge in [-0.1, -0.05) is 59.1 Å². The molecule has 0 N–H and O–H groups in total. The molecule has 2 aliphatic heterocycles. The molecule has 0 spiro atoms. The summed E-state index contributed by atoms with van der Waals surface area (Å²) in [5, 5.41) is 0. The smallest absolute Gasteiger partial charge is 0.127 e. The Morgan fingerprint density at radius 3 is 2.05 bits per heavy atom. The van der Waals surface area contributed by atoms with Gasteiger partial charge in [0.25, 0.3) is 0 Å². The molecule has 5 heteroatoms. The van der Waals surface area contributed by atoms with E-state index in [1.165, 1.54) is 62.1 Å². The van der Waals surface area contributed by atoms with Crippen molar-refractivity contribution in [2.24, 2.45) is 9.98 Å². The van der Waals surface area contributed by atoms with E-state index in [-0.39, 0.29) is 0 Å². The van der Waals surface area contributed by atoms with Crippen molar-refractivity contribution in [2.75, 3.05) is 52.4 Å². The van der Waals surface area contributed by atoms with Gasteiger partial charge in [-0.25, -0.2) is 4.99 Å². The third-order valence-electron chi connectivity index (χ3n) is 7.56. The molecule has 1 aromatic carbocycles. The summed E-state index contributed by atoms with van der Waals surface area (Å²) >= 11 is 0. The summed E-state index contributed by atoms with van der Waals surface area (Å²) in [4.78, 5) is 16.3. The summed E-state index contributed by atoms with van der Waals surface area (Å²) < 4.78 is 0. The molecule has 2 heterocycles. The predicted molar refractivity (Wildman–Crippen MR) is 174 cm³/mol. The van der Waals surface area contributed by atoms with Crippen LogP contribution in [-0.4, -0.2) is 79.5 Å². The van der Waals surface area contributed by atoms with E-state index in [9.17, 15) is 0 Å². The molecule has 0 bridgehead atoms. The quantitative estimate of drug-likeness (QED) is 0.219. The van der Waals surface area contributed by atoms with Gasteiger partial charge >= 0.3 is 0 Å². The molecule has 0 radical (unpaired) electrons. The number of piperidine rings is 1. The number of hydrogen-bond donors (Lipinski definition) is 0. The first kappa shape index (κ1) is 32.5. The molecule has 0 aliphatic carbocycles. The Morgan fingerprint density at radius 1 is 0.949 bits per heavy atom. The maximum atomic E-state index is 4.69. The van der Waals surface area contributed by atoms with Crippen LogP contribution in [0, 0.1) is 0 Å². The molecule has 0 aromatic heterocycles. The lowest BCUT2D eigenvalue weighted by molar-refractivity contribution is 0.131. The van der Waals surface area contributed by atoms with Gasteiger partial charge in [0, 0.05) is 50.5 Å². The molecule has 214 valence electrons. The van der Waals surface area contributed by atoms with Crippen molar-refractivity contribution in [3.63, 3.8) is 0 Å². The van der Waals surface area contributed by atoms with E-state index in [1.807, 2.05) is 13.0 Å². The van der Waals surface area contributed by atoms with Crippen molar-refractivity contribution >= 4 is 23.7 Å². The molecular formula is C34H53N5. The Labute approximate surface area is 239 Å². The van der Waals surface area contributed by atoms with E-state index in [1.54, 1.807) is 12.2 Å². The predicted octanol–water partition coefficient (Wildman–Crippen LogP) is 7.50. The summed E-state index contributed by atoms with van der Waals surface area (Å²) in [6.07, 6.45) is 10.7. The van der Waals surface area contributed by atoms with E-state index < -0.39 is 0 Å². The van der Waals surface area contributed by atoms with Gasteiger partial charge in [-0.3, -0.25) is 9.89 Å². The minimum atomic E-state index is 0.469. The van der Waals surface area contributed by atoms with Gasteiger partial charge in [0.15, 0.2) is 0 Å². The van der Waals surface area contributed by atoms with Gasteiger partial charge in [0.1, 0.15) is 5.82 Å². The molecule has 1 aromatic rings. The second-order valence-corrected chi connectivity index (χ2v) is 11.0. The van der Waals surface area contributed by atoms with Gasteiger partial charge in [0.05, 0.1) is 5.69 Å². The zero-order chi connectivity index (χ0) is 28.8. The fourth-order valence-electron chi connectivity index (χ4n) is 5.19. The van der Waals surface area contributed by atoms with Crippen LogP contribution < -0.4 is 0 Å². The molecule has 0 amide bonds. The highest BCUT2D eigenvalue weighted by Gasteiger charge is 2.19. The van der Waals surface area contributed by atoms with Gasteiger partial charge < -0.3 is 9.80 Å². The molecule has 3 rings (SSSR count). The van der Waals surface area contributed by atoms with Crippen LogP contribution in [0.25, 0.3) is 5.57 Å². The van der Waals surface area contributed by atoms with Crippen LogP contribution in [0.5, 0.6) is 0 Å². The monoisotopic (exact) mass is 531 g/mol. The van der Waals surface area contributed by atoms with Crippen molar-refractivity contribution in [1.29, 1.82) is 0 Å². The number of likely N-dealkylation sites (tertiary alicyclic amines) is 1. The standard InChI is InChI=1S/C18H25N.C16H28N4/c1-8-14(7)19-17-11-15(9-2)10-16(12(3)4)18(17)13(5)6;1-3-7-16(17-2)20-14-12-19(13-15-20)11-10-18-8-5-4-6-9-18/h8,10-12H,1,5,9H2,2-4,6-7H3;3,7H,1-2,4-6,8-15H2/b;16-7+. The van der Waals surface area contributed by atoms with E-state index >= 15 is 0 Å². The molecule has 2 aliphatic rings. The zero-order valence-corrected chi connectivity index (χ0v) is 25.5. The van der Waals surface area contributed by atoms with Crippen molar-refractivity contribution < 1.29 is 0 Å². The van der Waals surface area contributed by atoms with Crippen molar-refractivity contribution in [2.45, 2.75) is 66.2 Å². The van der Waals surface area contributed by atoms with Crippen LogP contribution in [0.4, 0.5) is 5.69 Å². The lowest BCUT2D eigenvalue weighted by Gasteiger charge is -2.37. The minimum Gasteiger partial charge on any atom is -0.354 e. The van der Waals surface area contributed by atoms with E-state index in [0.717, 1.165) is 55.4 Å². The second-order valence-electron chi connectivity index (χ2n) is 11.0. The molecular weight excluding hydrogens is 478 g/mol. The minimum absolute atomic E-state index is 0.469. The number of benzene rings is 1. The van der Waals surface area contributed by atoms with Crippen molar-refractivity contribution in [1.82, 2.24) is 14.7 Å². The first-order valence-electron chi connectivity index (χ1n) is 14.7. The molecule has 2 saturated heterocycles. The number of piperazine rings is 1. The number of aryl methyl sites for hydroxylation is 1. The number of nitrogens with zero attached hydrogens (tertiary/aromatic N) is 5. The number of allylic oxidation sites excluding steroid dienone is 4. The van der Waals surface area contributed by atoms with Crippen LogP contribution in [0.2, 0.25) is 0 Å². The Bertz CT molecular complexity index is 1020. The van der Waals surface area contributed by atoms with Crippen molar-refractivity contribution in [3.8, 4) is 0 Å². The largest absolute Gasteiger partial charge is 0.354 e. The summed E-state index contributed by atoms with van der Waals surface area (Å²) in [6, 6.07) is 4.46. The summed E-state index contributed by atoms with van der Waals surface area (Å²) in [5.41, 5.74) is 6.88. The second kappa shape index (κ2) is 17.0. The molecule has 5 nitrogen and oxygen atoms in total. The Kier molecular flexibility index (Phi) is 14.2. The highest BCUT2D eigenvalue weighted by atomic mass is 15.3. The van der Waals surface area contributed by atoms with Gasteiger partial charge in [-0.05, 0) is 93.8 Å². The Balaban J connectivity index is 0.000000274. The highest BCUT2D eigenvalue weighted by molar-refractivity contribution is 5.95. The van der Waals surface area contributed by atoms with E-state index in [0.29, 0.717) is 5.92 Å². The fourth-order valence-corrected chi connectivity index (χ4v) is 5.19. The summed E-state index contributed by atoms with van der Waals surface area (Å²) in [7, 11) is 0. The van der Waals surface area contributed by atoms with Crippen LogP contribution in [0.15, 0.2) is 65.9 Å². The SMILES string of the molecule is C=C/C=C(\N=C)N1CCN(CCN2CCCCC2)CC1.C=CC(C)=Nc1cc(CC)cc(C(C)C)c1C(=C)C. The molecule has 0 atom stereocenters. The topological polar surface area (TPSA) is 34.4 Å². The van der Waals surface area contributed by atoms with Crippen LogP contribution in [-0.2, 0) is 6.42 Å². The Morgan fingerprint density at radius 2 is 1.56 bits per heavy atom. The van der Waals surface area contributed by atoms with Crippen LogP contribution in [0.1, 0.15) is 76.5 Å².